The molecule has 0 fully saturated rings. The van der Waals surface area contributed by atoms with Gasteiger partial charge in [-0.05, 0) is 24.6 Å². The number of amides is 1. The Morgan fingerprint density at radius 3 is 2.43 bits per heavy atom. The predicted molar refractivity (Wildman–Crippen MR) is 76.1 cm³/mol. The van der Waals surface area contributed by atoms with Crippen LogP contribution < -0.4 is 10.9 Å². The molecular weight excluding hydrogens is 311 g/mol. The Bertz CT molecular complexity index is 825. The van der Waals surface area contributed by atoms with Gasteiger partial charge in [0, 0.05) is 12.3 Å². The van der Waals surface area contributed by atoms with Crippen LogP contribution in [0.25, 0.3) is 0 Å². The van der Waals surface area contributed by atoms with Crippen LogP contribution in [-0.4, -0.2) is 15.9 Å². The molecule has 2 N–H and O–H groups in total. The molecule has 3 rings (SSSR count). The molecule has 1 unspecified atom stereocenters. The number of hydrogen-bond donors (Lipinski definition) is 2. The molecule has 0 bridgehead atoms. The van der Waals surface area contributed by atoms with Crippen molar-refractivity contribution in [1.29, 1.82) is 0 Å². The molecule has 1 amide bonds. The van der Waals surface area contributed by atoms with Crippen molar-refractivity contribution in [3.8, 4) is 0 Å². The number of fused-ring (bicyclic) bond motifs is 1. The van der Waals surface area contributed by atoms with Crippen molar-refractivity contribution in [2.45, 2.75) is 25.4 Å². The largest absolute Gasteiger partial charge is 0.416 e. The molecule has 0 spiro atoms. The third-order valence-electron chi connectivity index (χ3n) is 3.71. The molecule has 23 heavy (non-hydrogen) atoms. The number of nitrogens with zero attached hydrogens (tertiary/aromatic N) is 1. The summed E-state index contributed by atoms with van der Waals surface area (Å²) in [6, 6.07) is 4.46. The number of H-pyrrole nitrogens is 1. The van der Waals surface area contributed by atoms with Crippen molar-refractivity contribution in [3.63, 3.8) is 0 Å². The van der Waals surface area contributed by atoms with Crippen LogP contribution in [-0.2, 0) is 11.0 Å². The van der Waals surface area contributed by atoms with E-state index >= 15 is 0 Å². The summed E-state index contributed by atoms with van der Waals surface area (Å²) in [5.74, 6) is -0.452. The normalized spacial score (nSPS) is 17.6. The summed E-state index contributed by atoms with van der Waals surface area (Å²) in [5.41, 5.74) is -0.463. The lowest BCUT2D eigenvalue weighted by atomic mass is 9.86. The Morgan fingerprint density at radius 2 is 1.83 bits per heavy atom. The van der Waals surface area contributed by atoms with E-state index in [2.05, 4.69) is 15.3 Å². The van der Waals surface area contributed by atoms with Gasteiger partial charge >= 0.3 is 6.18 Å². The molecule has 0 aliphatic carbocycles. The van der Waals surface area contributed by atoms with E-state index in [0.29, 0.717) is 11.4 Å². The smallest absolute Gasteiger partial charge is 0.310 e. The van der Waals surface area contributed by atoms with Gasteiger partial charge in [0.25, 0.3) is 5.56 Å². The van der Waals surface area contributed by atoms with Gasteiger partial charge in [-0.15, -0.1) is 0 Å². The number of benzene rings is 1. The average Bonchev–Trinajstić information content (AvgIpc) is 2.44. The number of alkyl halides is 3. The zero-order chi connectivity index (χ0) is 16.8. The summed E-state index contributed by atoms with van der Waals surface area (Å²) >= 11 is 0. The lowest BCUT2D eigenvalue weighted by Gasteiger charge is -2.24. The number of hydrogen-bond acceptors (Lipinski definition) is 3. The Balaban J connectivity index is 2.08. The minimum Gasteiger partial charge on any atom is -0.310 e. The highest BCUT2D eigenvalue weighted by Crippen LogP contribution is 2.35. The summed E-state index contributed by atoms with van der Waals surface area (Å²) in [7, 11) is 0. The molecule has 120 valence electrons. The molecule has 1 atom stereocenters. The second kappa shape index (κ2) is 5.22. The Labute approximate surface area is 128 Å². The van der Waals surface area contributed by atoms with Crippen LogP contribution in [0.2, 0.25) is 0 Å². The van der Waals surface area contributed by atoms with Crippen LogP contribution in [0.3, 0.4) is 0 Å². The number of nitrogens with one attached hydrogen (secondary N) is 2. The predicted octanol–water partition coefficient (Wildman–Crippen LogP) is 2.57. The fraction of sp³-hybridized carbons (Fsp3) is 0.267. The highest BCUT2D eigenvalue weighted by Gasteiger charge is 2.33. The lowest BCUT2D eigenvalue weighted by Crippen LogP contribution is -2.31. The van der Waals surface area contributed by atoms with Crippen LogP contribution in [0, 0.1) is 6.92 Å². The third-order valence-corrected chi connectivity index (χ3v) is 3.71. The van der Waals surface area contributed by atoms with Gasteiger partial charge in [-0.2, -0.15) is 13.2 Å². The van der Waals surface area contributed by atoms with Gasteiger partial charge in [0.2, 0.25) is 5.91 Å². The molecule has 1 aliphatic heterocycles. The Hall–Kier alpha value is -2.64. The number of carbonyl (C=O) groups is 1. The molecule has 1 aromatic heterocycles. The van der Waals surface area contributed by atoms with E-state index in [4.69, 9.17) is 0 Å². The molecule has 0 saturated heterocycles. The molecule has 0 radical (unpaired) electrons. The van der Waals surface area contributed by atoms with E-state index in [1.54, 1.807) is 6.92 Å². The van der Waals surface area contributed by atoms with Crippen LogP contribution in [0.4, 0.5) is 19.0 Å². The van der Waals surface area contributed by atoms with E-state index in [9.17, 15) is 22.8 Å². The first-order chi connectivity index (χ1) is 10.8. The molecular formula is C15H12F3N3O2. The Kier molecular flexibility index (Phi) is 3.46. The van der Waals surface area contributed by atoms with Crippen LogP contribution in [0.1, 0.15) is 34.9 Å². The van der Waals surface area contributed by atoms with Crippen LogP contribution in [0.15, 0.2) is 29.1 Å². The van der Waals surface area contributed by atoms with Gasteiger partial charge in [-0.1, -0.05) is 12.1 Å². The second-order valence-electron chi connectivity index (χ2n) is 5.34. The minimum absolute atomic E-state index is 0.0216. The minimum atomic E-state index is -4.43. The maximum absolute atomic E-state index is 12.6. The van der Waals surface area contributed by atoms with E-state index in [1.807, 2.05) is 0 Å². The summed E-state index contributed by atoms with van der Waals surface area (Å²) < 4.78 is 37.9. The van der Waals surface area contributed by atoms with Gasteiger partial charge in [0.1, 0.15) is 11.6 Å². The van der Waals surface area contributed by atoms with Crippen molar-refractivity contribution in [3.05, 3.63) is 57.1 Å². The number of carbonyl (C=O) groups excluding carboxylic acids is 1. The van der Waals surface area contributed by atoms with E-state index in [1.165, 1.54) is 12.1 Å². The van der Waals surface area contributed by atoms with E-state index in [-0.39, 0.29) is 23.7 Å². The maximum Gasteiger partial charge on any atom is 0.416 e. The molecule has 2 aromatic rings. The van der Waals surface area contributed by atoms with Crippen molar-refractivity contribution in [2.75, 3.05) is 5.32 Å². The fourth-order valence-electron chi connectivity index (χ4n) is 2.67. The quantitative estimate of drug-likeness (QED) is 0.847. The summed E-state index contributed by atoms with van der Waals surface area (Å²) in [5, 5.41) is 2.53. The first-order valence-corrected chi connectivity index (χ1v) is 6.83. The monoisotopic (exact) mass is 323 g/mol. The fourth-order valence-corrected chi connectivity index (χ4v) is 2.67. The first-order valence-electron chi connectivity index (χ1n) is 6.83. The molecule has 2 heterocycles. The van der Waals surface area contributed by atoms with E-state index in [0.717, 1.165) is 12.1 Å². The number of halogens is 3. The molecule has 5 nitrogen and oxygen atoms in total. The maximum atomic E-state index is 12.6. The topological polar surface area (TPSA) is 74.8 Å². The molecule has 1 aliphatic rings. The number of anilines is 1. The van der Waals surface area contributed by atoms with Crippen molar-refractivity contribution in [2.24, 2.45) is 0 Å². The van der Waals surface area contributed by atoms with Gasteiger partial charge in [0.15, 0.2) is 0 Å². The number of aryl methyl sites for hydroxylation is 1. The van der Waals surface area contributed by atoms with Crippen LogP contribution in [0.5, 0.6) is 0 Å². The Morgan fingerprint density at radius 1 is 1.17 bits per heavy atom. The standard InChI is InChI=1S/C15H12F3N3O2/c1-7-19-13-12(14(23)20-7)10(6-11(22)21-13)8-2-4-9(5-3-8)15(16,17)18/h2-5,10H,6H2,1H3,(H2,19,20,21,22,23). The van der Waals surface area contributed by atoms with Gasteiger partial charge in [-0.3, -0.25) is 9.59 Å². The summed E-state index contributed by atoms with van der Waals surface area (Å²) in [6.45, 7) is 1.58. The van der Waals surface area contributed by atoms with Crippen molar-refractivity contribution >= 4 is 11.7 Å². The van der Waals surface area contributed by atoms with E-state index < -0.39 is 23.2 Å². The van der Waals surface area contributed by atoms with Crippen molar-refractivity contribution in [1.82, 2.24) is 9.97 Å². The van der Waals surface area contributed by atoms with Gasteiger partial charge in [0.05, 0.1) is 11.1 Å². The molecule has 0 saturated carbocycles. The van der Waals surface area contributed by atoms with Crippen LogP contribution >= 0.6 is 0 Å². The summed E-state index contributed by atoms with van der Waals surface area (Å²) in [4.78, 5) is 30.6. The lowest BCUT2D eigenvalue weighted by molar-refractivity contribution is -0.137. The zero-order valence-corrected chi connectivity index (χ0v) is 12.0. The number of aromatic amines is 1. The third kappa shape index (κ3) is 2.84. The number of aromatic nitrogens is 2. The highest BCUT2D eigenvalue weighted by atomic mass is 19.4. The van der Waals surface area contributed by atoms with Gasteiger partial charge in [-0.25, -0.2) is 4.98 Å². The van der Waals surface area contributed by atoms with Gasteiger partial charge < -0.3 is 10.3 Å². The molecule has 1 aromatic carbocycles. The first kappa shape index (κ1) is 15.3. The highest BCUT2D eigenvalue weighted by molar-refractivity contribution is 5.94. The zero-order valence-electron chi connectivity index (χ0n) is 12.0. The SMILES string of the molecule is Cc1nc2c(c(=O)[nH]1)C(c1ccc(C(F)(F)F)cc1)CC(=O)N2. The summed E-state index contributed by atoms with van der Waals surface area (Å²) in [6.07, 6.45) is -4.46. The number of rotatable bonds is 1. The molecule has 8 heteroatoms. The second-order valence-corrected chi connectivity index (χ2v) is 5.34. The van der Waals surface area contributed by atoms with Crippen molar-refractivity contribution < 1.29 is 18.0 Å². The average molecular weight is 323 g/mol.